The Kier molecular flexibility index (Phi) is 6.71. The molecule has 2 atom stereocenters. The average molecular weight is 300 g/mol. The third-order valence-corrected chi connectivity index (χ3v) is 3.85. The molecule has 1 saturated heterocycles. The molecule has 1 fully saturated rings. The first-order valence-corrected chi connectivity index (χ1v) is 7.48. The lowest BCUT2D eigenvalue weighted by molar-refractivity contribution is -0.0453. The number of piperidine rings is 1. The maximum Gasteiger partial charge on any atom is 0.285 e. The summed E-state index contributed by atoms with van der Waals surface area (Å²) in [5.41, 5.74) is 0.458. The summed E-state index contributed by atoms with van der Waals surface area (Å²) in [5.74, 6) is -2.94. The molecule has 0 aromatic heterocycles. The molecule has 2 rings (SSSR count). The fraction of sp³-hybridized carbons (Fsp3) is 0.625. The molecule has 0 aliphatic carbocycles. The quantitative estimate of drug-likeness (QED) is 0.840. The Balaban J connectivity index is 0.00000106. The monoisotopic (exact) mass is 300 g/mol. The van der Waals surface area contributed by atoms with Crippen LogP contribution in [0.4, 0.5) is 8.78 Å². The molecule has 0 aromatic carbocycles. The van der Waals surface area contributed by atoms with Crippen molar-refractivity contribution < 1.29 is 13.9 Å². The number of allylic oxidation sites excluding steroid dienone is 1. The number of hydrogen-bond donors (Lipinski definition) is 2. The predicted molar refractivity (Wildman–Crippen MR) is 82.6 cm³/mol. The first-order valence-electron chi connectivity index (χ1n) is 7.48. The zero-order valence-electron chi connectivity index (χ0n) is 12.9. The van der Waals surface area contributed by atoms with E-state index in [0.717, 1.165) is 6.54 Å². The van der Waals surface area contributed by atoms with E-state index >= 15 is 0 Å². The van der Waals surface area contributed by atoms with Crippen LogP contribution in [0.3, 0.4) is 0 Å². The molecular weight excluding hydrogens is 274 g/mol. The number of nitrogens with zero attached hydrogens (tertiary/aromatic N) is 1. The van der Waals surface area contributed by atoms with Crippen LogP contribution < -0.4 is 5.32 Å². The van der Waals surface area contributed by atoms with Crippen LogP contribution in [0.25, 0.3) is 0 Å². The van der Waals surface area contributed by atoms with Gasteiger partial charge in [0.25, 0.3) is 5.92 Å². The molecule has 2 N–H and O–H groups in total. The minimum Gasteiger partial charge on any atom is -0.390 e. The number of halogens is 2. The van der Waals surface area contributed by atoms with Crippen molar-refractivity contribution in [3.8, 4) is 0 Å². The Morgan fingerprint density at radius 2 is 2.00 bits per heavy atom. The maximum atomic E-state index is 14.1. The smallest absolute Gasteiger partial charge is 0.285 e. The fourth-order valence-corrected chi connectivity index (χ4v) is 2.88. The van der Waals surface area contributed by atoms with Crippen molar-refractivity contribution in [1.82, 2.24) is 10.2 Å². The SMILES string of the molecule is C=CC1=C(C=C)C(F)(F)CN(C2CCNCC2O)C1.CC. The zero-order chi connectivity index (χ0) is 16.0. The van der Waals surface area contributed by atoms with Crippen LogP contribution in [0.1, 0.15) is 20.3 Å². The van der Waals surface area contributed by atoms with Crippen molar-refractivity contribution in [1.29, 1.82) is 0 Å². The number of alkyl halides is 2. The van der Waals surface area contributed by atoms with E-state index in [4.69, 9.17) is 0 Å². The van der Waals surface area contributed by atoms with Gasteiger partial charge in [0.05, 0.1) is 12.6 Å². The van der Waals surface area contributed by atoms with Crippen LogP contribution in [0.5, 0.6) is 0 Å². The normalized spacial score (nSPS) is 29.4. The second-order valence-electron chi connectivity index (χ2n) is 5.08. The van der Waals surface area contributed by atoms with Gasteiger partial charge in [0.2, 0.25) is 0 Å². The van der Waals surface area contributed by atoms with Crippen LogP contribution in [-0.2, 0) is 0 Å². The number of aliphatic hydroxyl groups excluding tert-OH is 1. The molecule has 2 aliphatic heterocycles. The molecule has 2 heterocycles. The van der Waals surface area contributed by atoms with Crippen LogP contribution in [0.15, 0.2) is 36.5 Å². The number of hydrogen-bond acceptors (Lipinski definition) is 3. The average Bonchev–Trinajstić information content (AvgIpc) is 2.48. The predicted octanol–water partition coefficient (Wildman–Crippen LogP) is 2.35. The molecule has 0 spiro atoms. The number of rotatable bonds is 3. The minimum absolute atomic E-state index is 0.0397. The molecule has 2 aliphatic rings. The van der Waals surface area contributed by atoms with Gasteiger partial charge in [-0.1, -0.05) is 39.2 Å². The molecule has 2 unspecified atom stereocenters. The Hall–Kier alpha value is -1.04. The summed E-state index contributed by atoms with van der Waals surface area (Å²) in [4.78, 5) is 1.66. The molecular formula is C16H26F2N2O. The van der Waals surface area contributed by atoms with E-state index in [9.17, 15) is 13.9 Å². The highest BCUT2D eigenvalue weighted by Gasteiger charge is 2.43. The summed E-state index contributed by atoms with van der Waals surface area (Å²) < 4.78 is 28.2. The van der Waals surface area contributed by atoms with E-state index in [1.165, 1.54) is 12.2 Å². The van der Waals surface area contributed by atoms with E-state index < -0.39 is 12.0 Å². The van der Waals surface area contributed by atoms with E-state index in [2.05, 4.69) is 18.5 Å². The highest BCUT2D eigenvalue weighted by atomic mass is 19.3. The largest absolute Gasteiger partial charge is 0.390 e. The standard InChI is InChI=1S/C14H20F2N2O.C2H6/c1-3-10-8-18(9-14(15,16)11(10)4-2)12-5-6-17-7-13(12)19;1-2/h3-4,12-13,17,19H,1-2,5-9H2;1-2H3. The summed E-state index contributed by atoms with van der Waals surface area (Å²) in [6.07, 6.45) is 2.74. The first-order chi connectivity index (χ1) is 9.99. The van der Waals surface area contributed by atoms with Crippen molar-refractivity contribution >= 4 is 0 Å². The molecule has 0 radical (unpaired) electrons. The Morgan fingerprint density at radius 3 is 2.52 bits per heavy atom. The summed E-state index contributed by atoms with van der Waals surface area (Å²) in [5, 5.41) is 13.0. The summed E-state index contributed by atoms with van der Waals surface area (Å²) >= 11 is 0. The van der Waals surface area contributed by atoms with Gasteiger partial charge in [-0.15, -0.1) is 0 Å². The van der Waals surface area contributed by atoms with Gasteiger partial charge in [-0.2, -0.15) is 8.78 Å². The van der Waals surface area contributed by atoms with E-state index in [1.54, 1.807) is 4.90 Å². The summed E-state index contributed by atoms with van der Waals surface area (Å²) in [7, 11) is 0. The van der Waals surface area contributed by atoms with Gasteiger partial charge in [0.15, 0.2) is 0 Å². The highest BCUT2D eigenvalue weighted by molar-refractivity contribution is 5.40. The van der Waals surface area contributed by atoms with E-state index in [1.807, 2.05) is 13.8 Å². The van der Waals surface area contributed by atoms with Crippen molar-refractivity contribution in [2.45, 2.75) is 38.3 Å². The number of β-amino-alcohol motifs (C(OH)–C–C–N with tert-alkyl or cyclic N) is 1. The Labute approximate surface area is 126 Å². The van der Waals surface area contributed by atoms with Gasteiger partial charge in [-0.3, -0.25) is 4.90 Å². The third-order valence-electron chi connectivity index (χ3n) is 3.85. The topological polar surface area (TPSA) is 35.5 Å². The molecule has 0 bridgehead atoms. The third kappa shape index (κ3) is 3.99. The van der Waals surface area contributed by atoms with Gasteiger partial charge in [-0.25, -0.2) is 0 Å². The molecule has 120 valence electrons. The van der Waals surface area contributed by atoms with E-state index in [-0.39, 0.29) is 18.2 Å². The zero-order valence-corrected chi connectivity index (χ0v) is 12.9. The fourth-order valence-electron chi connectivity index (χ4n) is 2.88. The first kappa shape index (κ1) is 18.0. The minimum atomic E-state index is -2.94. The van der Waals surface area contributed by atoms with Gasteiger partial charge >= 0.3 is 0 Å². The van der Waals surface area contributed by atoms with Crippen molar-refractivity contribution in [3.05, 3.63) is 36.5 Å². The molecule has 0 saturated carbocycles. The van der Waals surface area contributed by atoms with Gasteiger partial charge in [0.1, 0.15) is 0 Å². The second kappa shape index (κ2) is 7.82. The van der Waals surface area contributed by atoms with Crippen molar-refractivity contribution in [2.75, 3.05) is 26.2 Å². The molecule has 21 heavy (non-hydrogen) atoms. The maximum absolute atomic E-state index is 14.1. The van der Waals surface area contributed by atoms with Crippen LogP contribution in [0, 0.1) is 0 Å². The summed E-state index contributed by atoms with van der Waals surface area (Å²) in [6.45, 7) is 12.3. The second-order valence-corrected chi connectivity index (χ2v) is 5.08. The molecule has 0 aromatic rings. The molecule has 0 amide bonds. The van der Waals surface area contributed by atoms with E-state index in [0.29, 0.717) is 25.1 Å². The Morgan fingerprint density at radius 1 is 1.33 bits per heavy atom. The highest BCUT2D eigenvalue weighted by Crippen LogP contribution is 2.35. The lowest BCUT2D eigenvalue weighted by atomic mass is 9.92. The lowest BCUT2D eigenvalue weighted by Gasteiger charge is -2.42. The summed E-state index contributed by atoms with van der Waals surface area (Å²) in [6, 6.07) is -0.228. The van der Waals surface area contributed by atoms with Gasteiger partial charge in [0, 0.05) is 24.7 Å². The number of nitrogens with one attached hydrogen (secondary N) is 1. The molecule has 3 nitrogen and oxygen atoms in total. The van der Waals surface area contributed by atoms with Gasteiger partial charge in [-0.05, 0) is 18.5 Å². The van der Waals surface area contributed by atoms with Crippen LogP contribution >= 0.6 is 0 Å². The van der Waals surface area contributed by atoms with Crippen LogP contribution in [0.2, 0.25) is 0 Å². The van der Waals surface area contributed by atoms with Gasteiger partial charge < -0.3 is 10.4 Å². The van der Waals surface area contributed by atoms with Crippen molar-refractivity contribution in [2.24, 2.45) is 0 Å². The Bertz CT molecular complexity index is 407. The lowest BCUT2D eigenvalue weighted by Crippen LogP contribution is -2.57. The number of aliphatic hydroxyl groups is 1. The van der Waals surface area contributed by atoms with Crippen LogP contribution in [-0.4, -0.2) is 54.3 Å². The molecule has 5 heteroatoms. The van der Waals surface area contributed by atoms with Crippen molar-refractivity contribution in [3.63, 3.8) is 0 Å².